The van der Waals surface area contributed by atoms with E-state index < -0.39 is 10.5 Å². The molecule has 1 N–H and O–H groups in total. The Morgan fingerprint density at radius 1 is 1.53 bits per heavy atom. The van der Waals surface area contributed by atoms with Gasteiger partial charge in [0.25, 0.3) is 0 Å². The molecule has 0 radical (unpaired) electrons. The molecule has 6 nitrogen and oxygen atoms in total. The number of nitro groups is 1. The molecule has 0 aliphatic rings. The second-order valence-corrected chi connectivity index (χ2v) is 3.80. The average molecular weight is 240 g/mol. The molecule has 1 aromatic heterocycles. The zero-order chi connectivity index (χ0) is 12.9. The van der Waals surface area contributed by atoms with Crippen LogP contribution in [0.5, 0.6) is 5.75 Å². The quantitative estimate of drug-likeness (QED) is 0.606. The molecule has 0 bridgehead atoms. The molecule has 0 unspecified atom stereocenters. The number of rotatable bonds is 6. The molecular weight excluding hydrogens is 224 g/mol. The summed E-state index contributed by atoms with van der Waals surface area (Å²) in [6, 6.07) is 3.02. The van der Waals surface area contributed by atoms with Crippen molar-refractivity contribution in [1.82, 2.24) is 4.98 Å². The maximum Gasteiger partial charge on any atom is 0.406 e. The highest BCUT2D eigenvalue weighted by atomic mass is 16.6. The third kappa shape index (κ3) is 3.39. The molecule has 0 aliphatic heterocycles. The van der Waals surface area contributed by atoms with Crippen LogP contribution in [-0.4, -0.2) is 27.2 Å². The van der Waals surface area contributed by atoms with Gasteiger partial charge < -0.3 is 20.0 Å². The van der Waals surface area contributed by atoms with Gasteiger partial charge in [-0.05, 0) is 34.9 Å². The second-order valence-electron chi connectivity index (χ2n) is 3.80. The standard InChI is InChI=1S/C11H16N2O4/c1-3-11(14,4-2)8-17-9-6-5-7-12-10(9)13(15)16/h5-7,14H,3-4,8H2,1-2H3. The Morgan fingerprint density at radius 3 is 2.71 bits per heavy atom. The van der Waals surface area contributed by atoms with Crippen molar-refractivity contribution in [2.45, 2.75) is 32.3 Å². The summed E-state index contributed by atoms with van der Waals surface area (Å²) in [6.45, 7) is 3.70. The van der Waals surface area contributed by atoms with Crippen molar-refractivity contribution >= 4 is 5.82 Å². The van der Waals surface area contributed by atoms with Crippen LogP contribution in [0.4, 0.5) is 5.82 Å². The van der Waals surface area contributed by atoms with E-state index in [1.54, 1.807) is 6.07 Å². The minimum Gasteiger partial charge on any atom is -0.483 e. The zero-order valence-electron chi connectivity index (χ0n) is 9.92. The Kier molecular flexibility index (Phi) is 4.39. The number of nitrogens with zero attached hydrogens (tertiary/aromatic N) is 2. The van der Waals surface area contributed by atoms with Crippen LogP contribution in [0.3, 0.4) is 0 Å². The van der Waals surface area contributed by atoms with Crippen LogP contribution in [0.1, 0.15) is 26.7 Å². The van der Waals surface area contributed by atoms with Crippen LogP contribution in [-0.2, 0) is 0 Å². The summed E-state index contributed by atoms with van der Waals surface area (Å²) in [6.07, 6.45) is 2.38. The topological polar surface area (TPSA) is 85.5 Å². The van der Waals surface area contributed by atoms with Crippen molar-refractivity contribution in [2.24, 2.45) is 0 Å². The predicted molar refractivity (Wildman–Crippen MR) is 61.9 cm³/mol. The molecule has 0 saturated heterocycles. The number of hydrogen-bond donors (Lipinski definition) is 1. The minimum absolute atomic E-state index is 0.0204. The highest BCUT2D eigenvalue weighted by Crippen LogP contribution is 2.25. The molecule has 1 rings (SSSR count). The molecule has 17 heavy (non-hydrogen) atoms. The predicted octanol–water partition coefficient (Wildman–Crippen LogP) is 1.92. The van der Waals surface area contributed by atoms with E-state index >= 15 is 0 Å². The molecule has 6 heteroatoms. The molecule has 1 heterocycles. The lowest BCUT2D eigenvalue weighted by molar-refractivity contribution is -0.390. The first-order chi connectivity index (χ1) is 8.02. The van der Waals surface area contributed by atoms with Crippen LogP contribution in [0, 0.1) is 10.1 Å². The SMILES string of the molecule is CCC(O)(CC)COc1cccnc1[N+](=O)[O-]. The Balaban J connectivity index is 2.79. The molecule has 0 fully saturated rings. The lowest BCUT2D eigenvalue weighted by Gasteiger charge is -2.24. The van der Waals surface area contributed by atoms with E-state index in [4.69, 9.17) is 4.74 Å². The molecule has 0 spiro atoms. The summed E-state index contributed by atoms with van der Waals surface area (Å²) in [7, 11) is 0. The molecule has 0 atom stereocenters. The first-order valence-electron chi connectivity index (χ1n) is 5.47. The summed E-state index contributed by atoms with van der Waals surface area (Å²) >= 11 is 0. The van der Waals surface area contributed by atoms with E-state index in [0.29, 0.717) is 12.8 Å². The normalized spacial score (nSPS) is 11.2. The molecule has 0 amide bonds. The van der Waals surface area contributed by atoms with Crippen molar-refractivity contribution in [2.75, 3.05) is 6.61 Å². The summed E-state index contributed by atoms with van der Waals surface area (Å²) in [5.74, 6) is -0.250. The van der Waals surface area contributed by atoms with Crippen molar-refractivity contribution in [3.63, 3.8) is 0 Å². The molecule has 94 valence electrons. The first kappa shape index (κ1) is 13.4. The van der Waals surface area contributed by atoms with Crippen molar-refractivity contribution in [1.29, 1.82) is 0 Å². The zero-order valence-corrected chi connectivity index (χ0v) is 9.92. The van der Waals surface area contributed by atoms with Gasteiger partial charge in [0.15, 0.2) is 0 Å². The summed E-state index contributed by atoms with van der Waals surface area (Å²) < 4.78 is 5.29. The van der Waals surface area contributed by atoms with Crippen molar-refractivity contribution in [3.8, 4) is 5.75 Å². The number of ether oxygens (including phenoxy) is 1. The Bertz CT molecular complexity index is 391. The summed E-state index contributed by atoms with van der Waals surface area (Å²) in [5, 5.41) is 20.7. The van der Waals surface area contributed by atoms with Crippen LogP contribution < -0.4 is 4.74 Å². The van der Waals surface area contributed by atoms with Gasteiger partial charge in [0.2, 0.25) is 5.75 Å². The van der Waals surface area contributed by atoms with E-state index in [0.717, 1.165) is 0 Å². The van der Waals surface area contributed by atoms with Gasteiger partial charge in [-0.3, -0.25) is 0 Å². The van der Waals surface area contributed by atoms with Gasteiger partial charge in [-0.15, -0.1) is 0 Å². The van der Waals surface area contributed by atoms with E-state index in [1.165, 1.54) is 12.3 Å². The van der Waals surface area contributed by atoms with Crippen LogP contribution >= 0.6 is 0 Å². The lowest BCUT2D eigenvalue weighted by atomic mass is 9.99. The van der Waals surface area contributed by atoms with Gasteiger partial charge in [0.05, 0.1) is 5.60 Å². The van der Waals surface area contributed by atoms with Gasteiger partial charge in [-0.1, -0.05) is 13.8 Å². The maximum absolute atomic E-state index is 10.7. The Labute approximate surface area is 99.4 Å². The summed E-state index contributed by atoms with van der Waals surface area (Å²) in [4.78, 5) is 13.7. The van der Waals surface area contributed by atoms with Gasteiger partial charge >= 0.3 is 5.82 Å². The second kappa shape index (κ2) is 5.58. The van der Waals surface area contributed by atoms with Gasteiger partial charge in [-0.2, -0.15) is 0 Å². The van der Waals surface area contributed by atoms with Gasteiger partial charge in [0.1, 0.15) is 12.8 Å². The van der Waals surface area contributed by atoms with Gasteiger partial charge in [0, 0.05) is 0 Å². The maximum atomic E-state index is 10.7. The Hall–Kier alpha value is -1.69. The Morgan fingerprint density at radius 2 is 2.18 bits per heavy atom. The third-order valence-electron chi connectivity index (χ3n) is 2.74. The van der Waals surface area contributed by atoms with E-state index in [-0.39, 0.29) is 18.2 Å². The molecule has 0 aromatic carbocycles. The van der Waals surface area contributed by atoms with Crippen LogP contribution in [0.15, 0.2) is 18.3 Å². The average Bonchev–Trinajstić information content (AvgIpc) is 2.36. The van der Waals surface area contributed by atoms with E-state index in [9.17, 15) is 15.2 Å². The number of pyridine rings is 1. The van der Waals surface area contributed by atoms with E-state index in [1.807, 2.05) is 13.8 Å². The molecule has 0 aliphatic carbocycles. The number of aliphatic hydroxyl groups is 1. The fourth-order valence-electron chi connectivity index (χ4n) is 1.30. The minimum atomic E-state index is -0.955. The lowest BCUT2D eigenvalue weighted by Crippen LogP contribution is -2.34. The highest BCUT2D eigenvalue weighted by Gasteiger charge is 2.25. The molecular formula is C11H16N2O4. The largest absolute Gasteiger partial charge is 0.483 e. The fourth-order valence-corrected chi connectivity index (χ4v) is 1.30. The van der Waals surface area contributed by atoms with Gasteiger partial charge in [-0.25, -0.2) is 0 Å². The fraction of sp³-hybridized carbons (Fsp3) is 0.545. The third-order valence-corrected chi connectivity index (χ3v) is 2.74. The van der Waals surface area contributed by atoms with E-state index in [2.05, 4.69) is 4.98 Å². The first-order valence-corrected chi connectivity index (χ1v) is 5.47. The highest BCUT2D eigenvalue weighted by molar-refractivity contribution is 5.38. The smallest absolute Gasteiger partial charge is 0.406 e. The van der Waals surface area contributed by atoms with Crippen LogP contribution in [0.2, 0.25) is 0 Å². The molecule has 1 aromatic rings. The van der Waals surface area contributed by atoms with Crippen LogP contribution in [0.25, 0.3) is 0 Å². The van der Waals surface area contributed by atoms with Crippen molar-refractivity contribution < 1.29 is 14.8 Å². The number of aromatic nitrogens is 1. The molecule has 0 saturated carbocycles. The summed E-state index contributed by atoms with van der Waals surface area (Å²) in [5.41, 5.74) is -0.955. The monoisotopic (exact) mass is 240 g/mol. The number of hydrogen-bond acceptors (Lipinski definition) is 5. The van der Waals surface area contributed by atoms with Crippen molar-refractivity contribution in [3.05, 3.63) is 28.4 Å².